The van der Waals surface area contributed by atoms with Gasteiger partial charge in [0.2, 0.25) is 0 Å². The predicted molar refractivity (Wildman–Crippen MR) is 108 cm³/mol. The van der Waals surface area contributed by atoms with Crippen molar-refractivity contribution >= 4 is 10.9 Å². The highest BCUT2D eigenvalue weighted by atomic mass is 16.5. The molecule has 0 amide bonds. The summed E-state index contributed by atoms with van der Waals surface area (Å²) in [5.41, 5.74) is 4.09. The quantitative estimate of drug-likeness (QED) is 0.701. The molecule has 2 heterocycles. The van der Waals surface area contributed by atoms with Crippen LogP contribution in [0.5, 0.6) is 5.75 Å². The third kappa shape index (κ3) is 3.94. The molecule has 3 aromatic rings. The van der Waals surface area contributed by atoms with Crippen LogP contribution in [0.4, 0.5) is 0 Å². The number of ether oxygens (including phenoxy) is 1. The van der Waals surface area contributed by atoms with E-state index in [2.05, 4.69) is 58.5 Å². The Kier molecular flexibility index (Phi) is 5.26. The van der Waals surface area contributed by atoms with Gasteiger partial charge in [-0.1, -0.05) is 30.3 Å². The molecule has 1 fully saturated rings. The molecule has 1 aliphatic rings. The molecule has 0 spiro atoms. The zero-order valence-electron chi connectivity index (χ0n) is 15.6. The van der Waals surface area contributed by atoms with Crippen LogP contribution in [-0.4, -0.2) is 36.6 Å². The van der Waals surface area contributed by atoms with Crippen LogP contribution >= 0.6 is 0 Å². The van der Waals surface area contributed by atoms with Crippen molar-refractivity contribution in [3.05, 3.63) is 65.9 Å². The summed E-state index contributed by atoms with van der Waals surface area (Å²) in [4.78, 5) is 6.04. The molecular formula is C23H28N2O. The van der Waals surface area contributed by atoms with Crippen LogP contribution in [0.25, 0.3) is 10.9 Å². The Bertz CT molecular complexity index is 832. The van der Waals surface area contributed by atoms with E-state index in [1.165, 1.54) is 60.9 Å². The Morgan fingerprint density at radius 3 is 2.65 bits per heavy atom. The van der Waals surface area contributed by atoms with Crippen LogP contribution in [-0.2, 0) is 12.8 Å². The van der Waals surface area contributed by atoms with Crippen molar-refractivity contribution in [3.8, 4) is 5.75 Å². The molecule has 136 valence electrons. The Hall–Kier alpha value is -2.26. The van der Waals surface area contributed by atoms with Gasteiger partial charge < -0.3 is 14.6 Å². The minimum absolute atomic E-state index is 0.785. The maximum absolute atomic E-state index is 5.39. The molecule has 0 aliphatic carbocycles. The van der Waals surface area contributed by atoms with Gasteiger partial charge >= 0.3 is 0 Å². The van der Waals surface area contributed by atoms with Gasteiger partial charge in [-0.2, -0.15) is 0 Å². The van der Waals surface area contributed by atoms with Gasteiger partial charge in [-0.05, 0) is 74.0 Å². The van der Waals surface area contributed by atoms with Gasteiger partial charge in [-0.3, -0.25) is 0 Å². The number of fused-ring (bicyclic) bond motifs is 1. The van der Waals surface area contributed by atoms with Gasteiger partial charge in [0.15, 0.2) is 0 Å². The predicted octanol–water partition coefficient (Wildman–Crippen LogP) is 4.67. The Balaban J connectivity index is 1.31. The number of aromatic nitrogens is 1. The molecule has 0 atom stereocenters. The first-order valence-electron chi connectivity index (χ1n) is 9.72. The zero-order chi connectivity index (χ0) is 17.8. The molecule has 2 aromatic carbocycles. The number of benzene rings is 2. The minimum atomic E-state index is 0.785. The molecule has 0 saturated carbocycles. The molecule has 1 saturated heterocycles. The first-order valence-corrected chi connectivity index (χ1v) is 9.72. The van der Waals surface area contributed by atoms with E-state index in [-0.39, 0.29) is 0 Å². The van der Waals surface area contributed by atoms with Gasteiger partial charge in [0, 0.05) is 23.6 Å². The number of hydrogen-bond donors (Lipinski definition) is 1. The monoisotopic (exact) mass is 348 g/mol. The summed E-state index contributed by atoms with van der Waals surface area (Å²) in [5, 5.41) is 1.32. The van der Waals surface area contributed by atoms with Crippen molar-refractivity contribution in [2.24, 2.45) is 5.92 Å². The minimum Gasteiger partial charge on any atom is -0.497 e. The summed E-state index contributed by atoms with van der Waals surface area (Å²) < 4.78 is 5.39. The molecular weight excluding hydrogens is 320 g/mol. The number of aromatic amines is 1. The second-order valence-electron chi connectivity index (χ2n) is 7.45. The molecule has 0 unspecified atom stereocenters. The standard InChI is InChI=1S/C23H28N2O/c1-26-21-7-8-23-22(16-21)20(17-24-23)15-19-10-13-25(14-11-19)12-9-18-5-3-2-4-6-18/h2-8,16-17,19,24H,9-15H2,1H3. The summed E-state index contributed by atoms with van der Waals surface area (Å²) in [6.07, 6.45) is 7.11. The fourth-order valence-corrected chi connectivity index (χ4v) is 4.11. The lowest BCUT2D eigenvalue weighted by Crippen LogP contribution is -2.35. The van der Waals surface area contributed by atoms with Crippen LogP contribution in [0.15, 0.2) is 54.7 Å². The molecule has 26 heavy (non-hydrogen) atoms. The molecule has 1 N–H and O–H groups in total. The van der Waals surface area contributed by atoms with Crippen molar-refractivity contribution in [2.75, 3.05) is 26.7 Å². The zero-order valence-corrected chi connectivity index (χ0v) is 15.6. The van der Waals surface area contributed by atoms with E-state index >= 15 is 0 Å². The van der Waals surface area contributed by atoms with E-state index in [9.17, 15) is 0 Å². The van der Waals surface area contributed by atoms with Crippen LogP contribution < -0.4 is 4.74 Å². The molecule has 3 heteroatoms. The van der Waals surface area contributed by atoms with Crippen LogP contribution in [0, 0.1) is 5.92 Å². The highest BCUT2D eigenvalue weighted by Crippen LogP contribution is 2.28. The number of nitrogens with zero attached hydrogens (tertiary/aromatic N) is 1. The molecule has 1 aromatic heterocycles. The van der Waals surface area contributed by atoms with E-state index in [0.717, 1.165) is 18.1 Å². The highest BCUT2D eigenvalue weighted by molar-refractivity contribution is 5.84. The normalized spacial score (nSPS) is 16.2. The average Bonchev–Trinajstić information content (AvgIpc) is 3.10. The van der Waals surface area contributed by atoms with Crippen LogP contribution in [0.2, 0.25) is 0 Å². The van der Waals surface area contributed by atoms with Gasteiger partial charge in [0.25, 0.3) is 0 Å². The van der Waals surface area contributed by atoms with E-state index in [1.54, 1.807) is 7.11 Å². The summed E-state index contributed by atoms with van der Waals surface area (Å²) in [6.45, 7) is 3.63. The maximum Gasteiger partial charge on any atom is 0.119 e. The SMILES string of the molecule is COc1ccc2[nH]cc(CC3CCN(CCc4ccccc4)CC3)c2c1. The number of nitrogens with one attached hydrogen (secondary N) is 1. The smallest absolute Gasteiger partial charge is 0.119 e. The fourth-order valence-electron chi connectivity index (χ4n) is 4.11. The topological polar surface area (TPSA) is 28.3 Å². The number of rotatable bonds is 6. The summed E-state index contributed by atoms with van der Waals surface area (Å²) in [5.74, 6) is 1.72. The second kappa shape index (κ2) is 7.96. The Morgan fingerprint density at radius 1 is 1.08 bits per heavy atom. The highest BCUT2D eigenvalue weighted by Gasteiger charge is 2.20. The number of methoxy groups -OCH3 is 1. The molecule has 4 rings (SSSR count). The number of H-pyrrole nitrogens is 1. The van der Waals surface area contributed by atoms with Crippen LogP contribution in [0.1, 0.15) is 24.0 Å². The number of hydrogen-bond acceptors (Lipinski definition) is 2. The lowest BCUT2D eigenvalue weighted by molar-refractivity contribution is 0.186. The first-order chi connectivity index (χ1) is 12.8. The summed E-state index contributed by atoms with van der Waals surface area (Å²) >= 11 is 0. The molecule has 3 nitrogen and oxygen atoms in total. The number of piperidine rings is 1. The average molecular weight is 348 g/mol. The Morgan fingerprint density at radius 2 is 1.88 bits per heavy atom. The number of likely N-dealkylation sites (tertiary alicyclic amines) is 1. The lowest BCUT2D eigenvalue weighted by Gasteiger charge is -2.32. The van der Waals surface area contributed by atoms with E-state index in [1.807, 2.05) is 6.07 Å². The lowest BCUT2D eigenvalue weighted by atomic mass is 9.90. The molecule has 0 radical (unpaired) electrons. The van der Waals surface area contributed by atoms with Gasteiger partial charge in [0.1, 0.15) is 5.75 Å². The van der Waals surface area contributed by atoms with Gasteiger partial charge in [-0.25, -0.2) is 0 Å². The largest absolute Gasteiger partial charge is 0.497 e. The van der Waals surface area contributed by atoms with Crippen molar-refractivity contribution in [3.63, 3.8) is 0 Å². The van der Waals surface area contributed by atoms with Crippen molar-refractivity contribution in [1.82, 2.24) is 9.88 Å². The van der Waals surface area contributed by atoms with Gasteiger partial charge in [-0.15, -0.1) is 0 Å². The molecule has 1 aliphatic heterocycles. The van der Waals surface area contributed by atoms with Crippen molar-refractivity contribution < 1.29 is 4.74 Å². The third-order valence-corrected chi connectivity index (χ3v) is 5.75. The fraction of sp³-hybridized carbons (Fsp3) is 0.391. The maximum atomic E-state index is 5.39. The Labute approximate surface area is 156 Å². The first kappa shape index (κ1) is 17.2. The van der Waals surface area contributed by atoms with E-state index in [0.29, 0.717) is 0 Å². The van der Waals surface area contributed by atoms with E-state index < -0.39 is 0 Å². The molecule has 0 bridgehead atoms. The summed E-state index contributed by atoms with van der Waals surface area (Å²) in [7, 11) is 1.73. The summed E-state index contributed by atoms with van der Waals surface area (Å²) in [6, 6.07) is 17.1. The third-order valence-electron chi connectivity index (χ3n) is 5.75. The van der Waals surface area contributed by atoms with Crippen LogP contribution in [0.3, 0.4) is 0 Å². The van der Waals surface area contributed by atoms with E-state index in [4.69, 9.17) is 4.74 Å². The van der Waals surface area contributed by atoms with Crippen molar-refractivity contribution in [2.45, 2.75) is 25.7 Å². The van der Waals surface area contributed by atoms with Gasteiger partial charge in [0.05, 0.1) is 7.11 Å². The van der Waals surface area contributed by atoms with Crippen molar-refractivity contribution in [1.29, 1.82) is 0 Å². The second-order valence-corrected chi connectivity index (χ2v) is 7.45.